The average molecular weight is 864 g/mol. The molecule has 0 amide bonds. The van der Waals surface area contributed by atoms with E-state index in [4.69, 9.17) is 19.4 Å². The minimum atomic E-state index is -0.243. The second-order valence-corrected chi connectivity index (χ2v) is 13.8. The van der Waals surface area contributed by atoms with Crippen LogP contribution in [0.5, 0.6) is 23.0 Å². The van der Waals surface area contributed by atoms with Gasteiger partial charge in [-0.25, -0.2) is 4.98 Å². The van der Waals surface area contributed by atoms with Crippen LogP contribution in [0.4, 0.5) is 0 Å². The minimum Gasteiger partial charge on any atom is -0.518 e. The van der Waals surface area contributed by atoms with Crippen LogP contribution in [0.3, 0.4) is 0 Å². The van der Waals surface area contributed by atoms with Crippen molar-refractivity contribution < 1.29 is 30.5 Å². The van der Waals surface area contributed by atoms with Crippen molar-refractivity contribution in [1.29, 1.82) is 0 Å². The Morgan fingerprint density at radius 1 is 0.642 bits per heavy atom. The van der Waals surface area contributed by atoms with Crippen LogP contribution in [0.2, 0.25) is 0 Å². The van der Waals surface area contributed by atoms with Crippen molar-refractivity contribution >= 4 is 55.9 Å². The number of pyridine rings is 1. The Morgan fingerprint density at radius 2 is 1.36 bits per heavy atom. The van der Waals surface area contributed by atoms with E-state index in [-0.39, 0.29) is 27.8 Å². The third kappa shape index (κ3) is 4.77. The van der Waals surface area contributed by atoms with Gasteiger partial charge in [0.2, 0.25) is 6.71 Å². The van der Waals surface area contributed by atoms with Gasteiger partial charge >= 0.3 is 21.1 Å². The van der Waals surface area contributed by atoms with Crippen LogP contribution in [-0.4, -0.2) is 25.8 Å². The first-order valence-corrected chi connectivity index (χ1v) is 17.6. The van der Waals surface area contributed by atoms with E-state index in [0.717, 1.165) is 101 Å². The number of hydrogen-bond donors (Lipinski definition) is 0. The van der Waals surface area contributed by atoms with Crippen LogP contribution in [-0.2, 0) is 21.1 Å². The molecule has 0 unspecified atom stereocenters. The Bertz CT molecular complexity index is 2900. The number of rotatable bonds is 4. The summed E-state index contributed by atoms with van der Waals surface area (Å²) in [6.07, 6.45) is 1.83. The van der Waals surface area contributed by atoms with Crippen LogP contribution >= 0.6 is 0 Å². The number of imidazole rings is 1. The van der Waals surface area contributed by atoms with Gasteiger partial charge in [-0.1, -0.05) is 79.3 Å². The van der Waals surface area contributed by atoms with Crippen LogP contribution < -0.4 is 25.9 Å². The maximum absolute atomic E-state index is 6.87. The molecule has 6 aromatic carbocycles. The Balaban J connectivity index is 0.00000349. The van der Waals surface area contributed by atoms with Gasteiger partial charge in [-0.3, -0.25) is 4.98 Å². The van der Waals surface area contributed by atoms with Gasteiger partial charge in [0.05, 0.1) is 16.9 Å². The predicted molar refractivity (Wildman–Crippen MR) is 208 cm³/mol. The second kappa shape index (κ2) is 12.1. The third-order valence-corrected chi connectivity index (χ3v) is 10.4. The SMILES string of the molecule is CC(C)c1cc2c3c(c1)Oc1cc4c5ccccc5n(-c5ccccn5)c4[c-]c1B3c1[c-]c(-c3nc4ccccc4n3-c3ccccc3)ccc1O2.[Pt+2]. The fourth-order valence-corrected chi connectivity index (χ4v) is 8.01. The molecule has 8 heteroatoms. The van der Waals surface area contributed by atoms with E-state index < -0.39 is 0 Å². The van der Waals surface area contributed by atoms with Gasteiger partial charge in [0.15, 0.2) is 0 Å². The Hall–Kier alpha value is -5.91. The van der Waals surface area contributed by atoms with E-state index in [0.29, 0.717) is 5.92 Å². The van der Waals surface area contributed by atoms with E-state index >= 15 is 0 Å². The van der Waals surface area contributed by atoms with E-state index in [9.17, 15) is 0 Å². The minimum absolute atomic E-state index is 0. The number of hydrogen-bond acceptors (Lipinski definition) is 4. The maximum Gasteiger partial charge on any atom is 2.00 e. The molecule has 9 aromatic rings. The third-order valence-electron chi connectivity index (χ3n) is 10.4. The van der Waals surface area contributed by atoms with E-state index in [2.05, 4.69) is 132 Å². The molecule has 0 radical (unpaired) electrons. The summed E-state index contributed by atoms with van der Waals surface area (Å²) in [6.45, 7) is 4.15. The molecular formula is C45H29BN4O2Pt. The number of benzene rings is 6. The quantitative estimate of drug-likeness (QED) is 0.132. The molecule has 0 spiro atoms. The molecule has 53 heavy (non-hydrogen) atoms. The number of para-hydroxylation sites is 4. The van der Waals surface area contributed by atoms with Crippen molar-refractivity contribution in [3.63, 3.8) is 0 Å². The fraction of sp³-hybridized carbons (Fsp3) is 0.0667. The van der Waals surface area contributed by atoms with E-state index in [1.807, 2.05) is 36.5 Å². The first kappa shape index (κ1) is 31.8. The summed E-state index contributed by atoms with van der Waals surface area (Å²) in [6, 6.07) is 51.5. The van der Waals surface area contributed by atoms with Crippen LogP contribution in [0.1, 0.15) is 25.3 Å². The van der Waals surface area contributed by atoms with Crippen molar-refractivity contribution in [2.75, 3.05) is 0 Å². The molecule has 2 aliphatic heterocycles. The van der Waals surface area contributed by atoms with Crippen LogP contribution in [0.15, 0.2) is 134 Å². The largest absolute Gasteiger partial charge is 2.00 e. The van der Waals surface area contributed by atoms with E-state index in [1.165, 1.54) is 0 Å². The van der Waals surface area contributed by atoms with Crippen molar-refractivity contribution in [3.8, 4) is 45.9 Å². The summed E-state index contributed by atoms with van der Waals surface area (Å²) < 4.78 is 18.0. The molecule has 0 saturated heterocycles. The van der Waals surface area contributed by atoms with Gasteiger partial charge < -0.3 is 18.6 Å². The van der Waals surface area contributed by atoms with E-state index in [1.54, 1.807) is 0 Å². The van der Waals surface area contributed by atoms with Crippen LogP contribution in [0.25, 0.3) is 55.7 Å². The molecule has 11 rings (SSSR count). The van der Waals surface area contributed by atoms with Crippen molar-refractivity contribution in [2.24, 2.45) is 0 Å². The van der Waals surface area contributed by atoms with Gasteiger partial charge in [-0.2, -0.15) is 6.07 Å². The molecule has 254 valence electrons. The van der Waals surface area contributed by atoms with Gasteiger partial charge in [-0.05, 0) is 71.5 Å². The Kier molecular flexibility index (Phi) is 7.25. The second-order valence-electron chi connectivity index (χ2n) is 13.8. The normalized spacial score (nSPS) is 12.6. The zero-order chi connectivity index (χ0) is 34.5. The Labute approximate surface area is 321 Å². The van der Waals surface area contributed by atoms with Gasteiger partial charge in [0.1, 0.15) is 17.3 Å². The van der Waals surface area contributed by atoms with Crippen molar-refractivity contribution in [2.45, 2.75) is 19.8 Å². The molecule has 5 heterocycles. The van der Waals surface area contributed by atoms with Gasteiger partial charge in [0.25, 0.3) is 0 Å². The van der Waals surface area contributed by atoms with Crippen LogP contribution in [0, 0.1) is 12.1 Å². The fourth-order valence-electron chi connectivity index (χ4n) is 8.01. The molecule has 0 bridgehead atoms. The number of fused-ring (bicyclic) bond motifs is 8. The number of ether oxygens (including phenoxy) is 2. The molecular weight excluding hydrogens is 834 g/mol. The molecule has 0 N–H and O–H groups in total. The average Bonchev–Trinajstić information content (AvgIpc) is 3.73. The summed E-state index contributed by atoms with van der Waals surface area (Å²) in [5.41, 5.74) is 9.90. The molecule has 0 aliphatic carbocycles. The summed E-state index contributed by atoms with van der Waals surface area (Å²) in [7, 11) is 0. The molecule has 6 nitrogen and oxygen atoms in total. The first-order chi connectivity index (χ1) is 25.6. The molecule has 0 saturated carbocycles. The number of nitrogens with zero attached hydrogens (tertiary/aromatic N) is 4. The van der Waals surface area contributed by atoms with Gasteiger partial charge in [-0.15, -0.1) is 40.8 Å². The Morgan fingerprint density at radius 3 is 2.15 bits per heavy atom. The zero-order valence-electron chi connectivity index (χ0n) is 28.8. The first-order valence-electron chi connectivity index (χ1n) is 17.6. The molecule has 0 fully saturated rings. The zero-order valence-corrected chi connectivity index (χ0v) is 31.1. The topological polar surface area (TPSA) is 54.1 Å². The number of aromatic nitrogens is 4. The maximum atomic E-state index is 6.87. The van der Waals surface area contributed by atoms with Gasteiger partial charge in [0, 0.05) is 34.4 Å². The van der Waals surface area contributed by atoms with Crippen molar-refractivity contribution in [3.05, 3.63) is 151 Å². The summed E-state index contributed by atoms with van der Waals surface area (Å²) in [5, 5.41) is 2.18. The van der Waals surface area contributed by atoms with Crippen molar-refractivity contribution in [1.82, 2.24) is 19.1 Å². The summed E-state index contributed by atoms with van der Waals surface area (Å²) in [5.74, 6) is 5.11. The molecule has 2 aliphatic rings. The summed E-state index contributed by atoms with van der Waals surface area (Å²) in [4.78, 5) is 9.94. The standard InChI is InChI=1S/C45H29BN4O2.Pt/c1-27(2)29-23-41-44-42(24-29)52-40-25-32-31-14-6-8-16-36(31)50(43-18-10-11-21-47-43)38(32)26-34(40)46(44)33-22-28(19-20-39(33)51-41)45-48-35-15-7-9-17-37(35)49(45)30-12-4-3-5-13-30;/h3-21,23-25,27H,1-2H3;/q-2;+2. The predicted octanol–water partition coefficient (Wildman–Crippen LogP) is 8.63. The molecule has 3 aromatic heterocycles. The molecule has 0 atom stereocenters. The summed E-state index contributed by atoms with van der Waals surface area (Å²) >= 11 is 0. The monoisotopic (exact) mass is 863 g/mol. The smallest absolute Gasteiger partial charge is 0.518 e.